The number of methoxy groups -OCH3 is 1. The fourth-order valence-corrected chi connectivity index (χ4v) is 4.54. The number of nitrogens with zero attached hydrogens (tertiary/aromatic N) is 4. The highest BCUT2D eigenvalue weighted by Crippen LogP contribution is 2.24. The molecule has 25 heavy (non-hydrogen) atoms. The van der Waals surface area contributed by atoms with Crippen LogP contribution in [0.15, 0.2) is 41.6 Å². The molecule has 0 bridgehead atoms. The standard InChI is InChI=1S/C17H24N4O3S/c1-15-14-16(4-5-17(15)24-2)25(22,23)21-12-9-19(10-13-21)8-11-20-7-3-6-18-20/h3-7,14H,8-13H2,1-2H3. The molecule has 1 aliphatic heterocycles. The lowest BCUT2D eigenvalue weighted by atomic mass is 10.2. The molecule has 0 amide bonds. The number of piperazine rings is 1. The van der Waals surface area contributed by atoms with Crippen molar-refractivity contribution in [1.82, 2.24) is 19.0 Å². The van der Waals surface area contributed by atoms with Gasteiger partial charge in [0.2, 0.25) is 10.0 Å². The predicted molar refractivity (Wildman–Crippen MR) is 95.2 cm³/mol. The number of rotatable bonds is 6. The first kappa shape index (κ1) is 17.9. The van der Waals surface area contributed by atoms with Gasteiger partial charge in [-0.15, -0.1) is 0 Å². The van der Waals surface area contributed by atoms with Crippen LogP contribution in [0.4, 0.5) is 0 Å². The van der Waals surface area contributed by atoms with E-state index in [1.807, 2.05) is 23.9 Å². The van der Waals surface area contributed by atoms with E-state index in [0.717, 1.165) is 31.7 Å². The van der Waals surface area contributed by atoms with Crippen LogP contribution in [0, 0.1) is 6.92 Å². The highest BCUT2D eigenvalue weighted by molar-refractivity contribution is 7.89. The van der Waals surface area contributed by atoms with Crippen LogP contribution in [0.5, 0.6) is 5.75 Å². The average molecular weight is 364 g/mol. The van der Waals surface area contributed by atoms with Crippen LogP contribution in [0.2, 0.25) is 0 Å². The summed E-state index contributed by atoms with van der Waals surface area (Å²) in [6, 6.07) is 6.91. The van der Waals surface area contributed by atoms with Gasteiger partial charge in [-0.3, -0.25) is 9.58 Å². The summed E-state index contributed by atoms with van der Waals surface area (Å²) in [6.07, 6.45) is 3.70. The first-order chi connectivity index (χ1) is 12.0. The molecule has 0 unspecified atom stereocenters. The molecule has 136 valence electrons. The Morgan fingerprint density at radius 1 is 1.16 bits per heavy atom. The molecule has 3 rings (SSSR count). The minimum atomic E-state index is -3.46. The summed E-state index contributed by atoms with van der Waals surface area (Å²) in [5, 5.41) is 4.19. The maximum Gasteiger partial charge on any atom is 0.243 e. The molecule has 8 heteroatoms. The van der Waals surface area contributed by atoms with E-state index in [1.54, 1.807) is 35.8 Å². The number of aryl methyl sites for hydroxylation is 1. The molecular weight excluding hydrogens is 340 g/mol. The molecule has 1 saturated heterocycles. The van der Waals surface area contributed by atoms with Gasteiger partial charge in [-0.05, 0) is 36.8 Å². The second-order valence-electron chi connectivity index (χ2n) is 6.15. The predicted octanol–water partition coefficient (Wildman–Crippen LogP) is 1.21. The first-order valence-corrected chi connectivity index (χ1v) is 9.79. The van der Waals surface area contributed by atoms with Gasteiger partial charge in [0.15, 0.2) is 0 Å². The molecule has 1 fully saturated rings. The van der Waals surface area contributed by atoms with Gasteiger partial charge >= 0.3 is 0 Å². The van der Waals surface area contributed by atoms with Crippen LogP contribution in [0.25, 0.3) is 0 Å². The summed E-state index contributed by atoms with van der Waals surface area (Å²) < 4.78 is 34.4. The summed E-state index contributed by atoms with van der Waals surface area (Å²) >= 11 is 0. The van der Waals surface area contributed by atoms with E-state index >= 15 is 0 Å². The Kier molecular flexibility index (Phi) is 5.41. The van der Waals surface area contributed by atoms with Gasteiger partial charge in [-0.2, -0.15) is 9.40 Å². The van der Waals surface area contributed by atoms with Gasteiger partial charge < -0.3 is 4.74 Å². The zero-order chi connectivity index (χ0) is 17.9. The van der Waals surface area contributed by atoms with E-state index in [0.29, 0.717) is 23.7 Å². The maximum atomic E-state index is 12.8. The van der Waals surface area contributed by atoms with Gasteiger partial charge in [-0.1, -0.05) is 0 Å². The molecule has 2 aromatic rings. The lowest BCUT2D eigenvalue weighted by Crippen LogP contribution is -2.49. The van der Waals surface area contributed by atoms with Crippen LogP contribution in [-0.2, 0) is 16.6 Å². The second-order valence-corrected chi connectivity index (χ2v) is 8.08. The summed E-state index contributed by atoms with van der Waals surface area (Å²) in [6.45, 7) is 6.02. The fraction of sp³-hybridized carbons (Fsp3) is 0.471. The smallest absolute Gasteiger partial charge is 0.243 e. The topological polar surface area (TPSA) is 67.7 Å². The highest BCUT2D eigenvalue weighted by Gasteiger charge is 2.28. The molecule has 0 saturated carbocycles. The van der Waals surface area contributed by atoms with Crippen molar-refractivity contribution < 1.29 is 13.2 Å². The van der Waals surface area contributed by atoms with Gasteiger partial charge in [0.25, 0.3) is 0 Å². The highest BCUT2D eigenvalue weighted by atomic mass is 32.2. The molecule has 0 aliphatic carbocycles. The summed E-state index contributed by atoms with van der Waals surface area (Å²) in [5.74, 6) is 0.697. The number of benzene rings is 1. The third-order valence-electron chi connectivity index (χ3n) is 4.54. The van der Waals surface area contributed by atoms with Crippen molar-refractivity contribution in [3.8, 4) is 5.75 Å². The Morgan fingerprint density at radius 3 is 2.52 bits per heavy atom. The Hall–Kier alpha value is -1.90. The maximum absolute atomic E-state index is 12.8. The van der Waals surface area contributed by atoms with Crippen molar-refractivity contribution in [2.75, 3.05) is 39.8 Å². The zero-order valence-corrected chi connectivity index (χ0v) is 15.4. The van der Waals surface area contributed by atoms with Crippen molar-refractivity contribution in [3.63, 3.8) is 0 Å². The van der Waals surface area contributed by atoms with E-state index in [1.165, 1.54) is 0 Å². The molecule has 1 aliphatic rings. The summed E-state index contributed by atoms with van der Waals surface area (Å²) in [5.41, 5.74) is 0.821. The van der Waals surface area contributed by atoms with Crippen LogP contribution < -0.4 is 4.74 Å². The van der Waals surface area contributed by atoms with Crippen LogP contribution in [-0.4, -0.2) is 67.2 Å². The number of hydrogen-bond donors (Lipinski definition) is 0. The number of aromatic nitrogens is 2. The molecule has 2 heterocycles. The lowest BCUT2D eigenvalue weighted by Gasteiger charge is -2.34. The van der Waals surface area contributed by atoms with E-state index in [4.69, 9.17) is 4.74 Å². The SMILES string of the molecule is COc1ccc(S(=O)(=O)N2CCN(CCn3cccn3)CC2)cc1C. The minimum absolute atomic E-state index is 0.329. The van der Waals surface area contributed by atoms with Crippen molar-refractivity contribution in [3.05, 3.63) is 42.2 Å². The van der Waals surface area contributed by atoms with Gasteiger partial charge in [-0.25, -0.2) is 8.42 Å². The molecule has 0 radical (unpaired) electrons. The largest absolute Gasteiger partial charge is 0.496 e. The van der Waals surface area contributed by atoms with Crippen molar-refractivity contribution in [2.45, 2.75) is 18.4 Å². The van der Waals surface area contributed by atoms with Crippen LogP contribution in [0.1, 0.15) is 5.56 Å². The van der Waals surface area contributed by atoms with Gasteiger partial charge in [0, 0.05) is 45.1 Å². The van der Waals surface area contributed by atoms with Gasteiger partial charge in [0.05, 0.1) is 18.6 Å². The molecule has 0 atom stereocenters. The Morgan fingerprint density at radius 2 is 1.92 bits per heavy atom. The van der Waals surface area contributed by atoms with E-state index < -0.39 is 10.0 Å². The monoisotopic (exact) mass is 364 g/mol. The number of hydrogen-bond acceptors (Lipinski definition) is 5. The Bertz CT molecular complexity index is 797. The van der Waals surface area contributed by atoms with Crippen molar-refractivity contribution >= 4 is 10.0 Å². The molecule has 1 aromatic heterocycles. The quantitative estimate of drug-likeness (QED) is 0.771. The molecule has 0 spiro atoms. The average Bonchev–Trinajstić information content (AvgIpc) is 3.14. The number of sulfonamides is 1. The summed E-state index contributed by atoms with van der Waals surface area (Å²) in [4.78, 5) is 2.60. The summed E-state index contributed by atoms with van der Waals surface area (Å²) in [7, 11) is -1.88. The minimum Gasteiger partial charge on any atom is -0.496 e. The molecular formula is C17H24N4O3S. The van der Waals surface area contributed by atoms with E-state index in [9.17, 15) is 8.42 Å². The molecule has 0 N–H and O–H groups in total. The van der Waals surface area contributed by atoms with E-state index in [2.05, 4.69) is 10.00 Å². The third kappa shape index (κ3) is 4.02. The third-order valence-corrected chi connectivity index (χ3v) is 6.43. The second kappa shape index (κ2) is 7.55. The first-order valence-electron chi connectivity index (χ1n) is 8.35. The fourth-order valence-electron chi connectivity index (χ4n) is 3.03. The molecule has 7 nitrogen and oxygen atoms in total. The van der Waals surface area contributed by atoms with Crippen LogP contribution >= 0.6 is 0 Å². The zero-order valence-electron chi connectivity index (χ0n) is 14.6. The Labute approximate surface area is 148 Å². The molecule has 1 aromatic carbocycles. The Balaban J connectivity index is 1.60. The van der Waals surface area contributed by atoms with Gasteiger partial charge in [0.1, 0.15) is 5.75 Å². The lowest BCUT2D eigenvalue weighted by molar-refractivity contribution is 0.181. The van der Waals surface area contributed by atoms with Crippen molar-refractivity contribution in [2.24, 2.45) is 0 Å². The van der Waals surface area contributed by atoms with Crippen molar-refractivity contribution in [1.29, 1.82) is 0 Å². The normalized spacial score (nSPS) is 16.9. The number of ether oxygens (including phenoxy) is 1. The van der Waals surface area contributed by atoms with E-state index in [-0.39, 0.29) is 0 Å². The van der Waals surface area contributed by atoms with Crippen LogP contribution in [0.3, 0.4) is 0 Å².